The predicted octanol–water partition coefficient (Wildman–Crippen LogP) is 0.868. The molecule has 0 radical (unpaired) electrons. The van der Waals surface area contributed by atoms with E-state index in [1.165, 1.54) is 19.2 Å². The molecule has 2 rings (SSSR count). The molecule has 0 atom stereocenters. The van der Waals surface area contributed by atoms with Crippen LogP contribution in [0.2, 0.25) is 0 Å². The molecule has 0 bridgehead atoms. The van der Waals surface area contributed by atoms with Crippen LogP contribution in [0.25, 0.3) is 0 Å². The van der Waals surface area contributed by atoms with E-state index < -0.39 is 15.9 Å². The number of methoxy groups -OCH3 is 1. The number of hydrogen-bond donors (Lipinski definition) is 0. The molecule has 0 saturated heterocycles. The van der Waals surface area contributed by atoms with Crippen molar-refractivity contribution in [3.63, 3.8) is 0 Å². The van der Waals surface area contributed by atoms with Crippen molar-refractivity contribution in [1.82, 2.24) is 4.31 Å². The van der Waals surface area contributed by atoms with E-state index in [4.69, 9.17) is 4.74 Å². The van der Waals surface area contributed by atoms with Crippen molar-refractivity contribution in [2.75, 3.05) is 20.3 Å². The molecule has 5 nitrogen and oxygen atoms in total. The molecule has 1 aromatic carbocycles. The first-order chi connectivity index (χ1) is 8.09. The van der Waals surface area contributed by atoms with Gasteiger partial charge in [-0.2, -0.15) is 0 Å². The van der Waals surface area contributed by atoms with Crippen molar-refractivity contribution >= 4 is 15.9 Å². The van der Waals surface area contributed by atoms with Gasteiger partial charge in [0.2, 0.25) is 0 Å². The smallest absolute Gasteiger partial charge is 0.269 e. The minimum absolute atomic E-state index is 0.0995. The molecule has 17 heavy (non-hydrogen) atoms. The van der Waals surface area contributed by atoms with Gasteiger partial charge in [-0.15, -0.1) is 0 Å². The maximum atomic E-state index is 12.1. The van der Waals surface area contributed by atoms with Crippen LogP contribution in [0.3, 0.4) is 0 Å². The van der Waals surface area contributed by atoms with Crippen LogP contribution in [-0.4, -0.2) is 38.9 Å². The van der Waals surface area contributed by atoms with Crippen LogP contribution in [0, 0.1) is 0 Å². The molecule has 1 amide bonds. The second kappa shape index (κ2) is 4.46. The molecule has 0 unspecified atom stereocenters. The zero-order chi connectivity index (χ0) is 12.5. The molecule has 0 saturated carbocycles. The monoisotopic (exact) mass is 255 g/mol. The van der Waals surface area contributed by atoms with Gasteiger partial charge in [-0.3, -0.25) is 4.79 Å². The molecule has 0 aliphatic carbocycles. The molecule has 0 N–H and O–H groups in total. The maximum Gasteiger partial charge on any atom is 0.269 e. The zero-order valence-electron chi connectivity index (χ0n) is 9.42. The Bertz CT molecular complexity index is 538. The van der Waals surface area contributed by atoms with E-state index in [0.717, 1.165) is 4.31 Å². The summed E-state index contributed by atoms with van der Waals surface area (Å²) in [6, 6.07) is 6.26. The normalized spacial score (nSPS) is 17.2. The maximum absolute atomic E-state index is 12.1. The second-order valence-corrected chi connectivity index (χ2v) is 5.56. The molecule has 1 heterocycles. The summed E-state index contributed by atoms with van der Waals surface area (Å²) in [5.74, 6) is -0.447. The number of benzene rings is 1. The highest BCUT2D eigenvalue weighted by atomic mass is 32.2. The Morgan fingerprint density at radius 1 is 1.29 bits per heavy atom. The van der Waals surface area contributed by atoms with Crippen LogP contribution in [0.5, 0.6) is 0 Å². The predicted molar refractivity (Wildman–Crippen MR) is 61.2 cm³/mol. The van der Waals surface area contributed by atoms with Crippen molar-refractivity contribution in [3.05, 3.63) is 29.8 Å². The Kier molecular flexibility index (Phi) is 3.17. The standard InChI is InChI=1S/C11H13NO4S/c1-16-8-4-7-12-11(13)9-5-2-3-6-10(9)17(12,14)15/h2-3,5-6H,4,7-8H2,1H3. The fourth-order valence-corrected chi connectivity index (χ4v) is 3.41. The van der Waals surface area contributed by atoms with Gasteiger partial charge >= 0.3 is 0 Å². The number of nitrogens with zero attached hydrogens (tertiary/aromatic N) is 1. The highest BCUT2D eigenvalue weighted by molar-refractivity contribution is 7.90. The Balaban J connectivity index is 2.31. The van der Waals surface area contributed by atoms with Crippen molar-refractivity contribution in [1.29, 1.82) is 0 Å². The summed E-state index contributed by atoms with van der Waals surface area (Å²) in [5, 5.41) is 0. The van der Waals surface area contributed by atoms with E-state index in [1.807, 2.05) is 0 Å². The molecular weight excluding hydrogens is 242 g/mol. The molecule has 1 aliphatic rings. The number of sulfonamides is 1. The largest absolute Gasteiger partial charge is 0.385 e. The number of carbonyl (C=O) groups excluding carboxylic acids is 1. The van der Waals surface area contributed by atoms with Gasteiger partial charge in [0.05, 0.1) is 5.56 Å². The van der Waals surface area contributed by atoms with E-state index in [9.17, 15) is 13.2 Å². The lowest BCUT2D eigenvalue weighted by atomic mass is 10.2. The fraction of sp³-hybridized carbons (Fsp3) is 0.364. The van der Waals surface area contributed by atoms with Crippen molar-refractivity contribution in [2.45, 2.75) is 11.3 Å². The van der Waals surface area contributed by atoms with Crippen LogP contribution in [-0.2, 0) is 14.8 Å². The van der Waals surface area contributed by atoms with E-state index in [1.54, 1.807) is 12.1 Å². The first-order valence-electron chi connectivity index (χ1n) is 5.24. The summed E-state index contributed by atoms with van der Waals surface area (Å²) in [7, 11) is -2.11. The van der Waals surface area contributed by atoms with E-state index in [-0.39, 0.29) is 17.0 Å². The van der Waals surface area contributed by atoms with Crippen molar-refractivity contribution in [3.8, 4) is 0 Å². The first-order valence-corrected chi connectivity index (χ1v) is 6.68. The summed E-state index contributed by atoms with van der Waals surface area (Å²) >= 11 is 0. The number of fused-ring (bicyclic) bond motifs is 1. The average molecular weight is 255 g/mol. The molecule has 0 fully saturated rings. The van der Waals surface area contributed by atoms with Gasteiger partial charge in [-0.05, 0) is 18.6 Å². The van der Waals surface area contributed by atoms with Gasteiger partial charge < -0.3 is 4.74 Å². The van der Waals surface area contributed by atoms with Crippen LogP contribution in [0.1, 0.15) is 16.8 Å². The minimum Gasteiger partial charge on any atom is -0.385 e. The molecule has 0 spiro atoms. The quantitative estimate of drug-likeness (QED) is 0.749. The molecule has 0 aromatic heterocycles. The lowest BCUT2D eigenvalue weighted by molar-refractivity contribution is 0.0860. The summed E-state index contributed by atoms with van der Waals surface area (Å²) in [6.45, 7) is 0.583. The van der Waals surface area contributed by atoms with E-state index in [0.29, 0.717) is 13.0 Å². The van der Waals surface area contributed by atoms with Gasteiger partial charge in [0.15, 0.2) is 0 Å². The third-order valence-electron chi connectivity index (χ3n) is 2.62. The first kappa shape index (κ1) is 12.1. The second-order valence-electron chi connectivity index (χ2n) is 3.72. The Hall–Kier alpha value is -1.40. The SMILES string of the molecule is COCCCN1C(=O)c2ccccc2S1(=O)=O. The number of carbonyl (C=O) groups is 1. The van der Waals surface area contributed by atoms with Gasteiger partial charge in [0.25, 0.3) is 15.9 Å². The van der Waals surface area contributed by atoms with Gasteiger partial charge in [-0.1, -0.05) is 12.1 Å². The summed E-state index contributed by atoms with van der Waals surface area (Å²) in [5.41, 5.74) is 0.255. The topological polar surface area (TPSA) is 63.7 Å². The van der Waals surface area contributed by atoms with Crippen molar-refractivity contribution < 1.29 is 17.9 Å². The van der Waals surface area contributed by atoms with E-state index in [2.05, 4.69) is 0 Å². The Labute approximate surface area is 100 Å². The van der Waals surface area contributed by atoms with Crippen LogP contribution < -0.4 is 0 Å². The number of ether oxygens (including phenoxy) is 1. The molecule has 1 aliphatic heterocycles. The molecule has 1 aromatic rings. The number of rotatable bonds is 4. The number of hydrogen-bond acceptors (Lipinski definition) is 4. The fourth-order valence-electron chi connectivity index (χ4n) is 1.80. The lowest BCUT2D eigenvalue weighted by Gasteiger charge is -2.14. The molecule has 6 heteroatoms. The van der Waals surface area contributed by atoms with Gasteiger partial charge in [0.1, 0.15) is 4.90 Å². The Morgan fingerprint density at radius 3 is 2.65 bits per heavy atom. The van der Waals surface area contributed by atoms with Crippen LogP contribution in [0.4, 0.5) is 0 Å². The van der Waals surface area contributed by atoms with E-state index >= 15 is 0 Å². The average Bonchev–Trinajstić information content (AvgIpc) is 2.51. The highest BCUT2D eigenvalue weighted by Gasteiger charge is 2.40. The minimum atomic E-state index is -3.65. The highest BCUT2D eigenvalue weighted by Crippen LogP contribution is 2.29. The van der Waals surface area contributed by atoms with Crippen LogP contribution in [0.15, 0.2) is 29.2 Å². The Morgan fingerprint density at radius 2 is 2.00 bits per heavy atom. The van der Waals surface area contributed by atoms with Gasteiger partial charge in [0, 0.05) is 20.3 Å². The van der Waals surface area contributed by atoms with Crippen molar-refractivity contribution in [2.24, 2.45) is 0 Å². The third-order valence-corrected chi connectivity index (χ3v) is 4.46. The summed E-state index contributed by atoms with van der Waals surface area (Å²) in [4.78, 5) is 12.0. The molecule has 92 valence electrons. The lowest BCUT2D eigenvalue weighted by Crippen LogP contribution is -2.31. The number of amides is 1. The summed E-state index contributed by atoms with van der Waals surface area (Å²) in [6.07, 6.45) is 0.495. The summed E-state index contributed by atoms with van der Waals surface area (Å²) < 4.78 is 29.9. The molecular formula is C11H13NO4S. The zero-order valence-corrected chi connectivity index (χ0v) is 10.2. The van der Waals surface area contributed by atoms with Gasteiger partial charge in [-0.25, -0.2) is 12.7 Å². The third kappa shape index (κ3) is 1.94. The van der Waals surface area contributed by atoms with Crippen LogP contribution >= 0.6 is 0 Å².